The van der Waals surface area contributed by atoms with Gasteiger partial charge in [-0.2, -0.15) is 0 Å². The van der Waals surface area contributed by atoms with E-state index >= 15 is 0 Å². The van der Waals surface area contributed by atoms with Gasteiger partial charge in [0.15, 0.2) is 0 Å². The van der Waals surface area contributed by atoms with E-state index in [0.29, 0.717) is 24.3 Å². The molecular weight excluding hydrogens is 271 g/mol. The lowest BCUT2D eigenvalue weighted by molar-refractivity contribution is 0.209. The van der Waals surface area contributed by atoms with E-state index in [4.69, 9.17) is 4.74 Å². The summed E-state index contributed by atoms with van der Waals surface area (Å²) >= 11 is 0. The van der Waals surface area contributed by atoms with Gasteiger partial charge in [0.1, 0.15) is 17.9 Å². The van der Waals surface area contributed by atoms with Crippen LogP contribution in [0.3, 0.4) is 0 Å². The van der Waals surface area contributed by atoms with Gasteiger partial charge in [-0.05, 0) is 23.2 Å². The van der Waals surface area contributed by atoms with Gasteiger partial charge in [-0.15, -0.1) is 10.2 Å². The van der Waals surface area contributed by atoms with Gasteiger partial charge in [-0.3, -0.25) is 4.90 Å². The summed E-state index contributed by atoms with van der Waals surface area (Å²) in [5.41, 5.74) is 1.35. The van der Waals surface area contributed by atoms with E-state index in [2.05, 4.69) is 15.1 Å². The summed E-state index contributed by atoms with van der Waals surface area (Å²) in [4.78, 5) is 2.20. The predicted molar refractivity (Wildman–Crippen MR) is 77.0 cm³/mol. The van der Waals surface area contributed by atoms with Gasteiger partial charge in [-0.25, -0.2) is 0 Å². The molecule has 2 aromatic rings. The van der Waals surface area contributed by atoms with Crippen molar-refractivity contribution in [2.75, 3.05) is 13.7 Å². The second kappa shape index (κ2) is 5.84. The zero-order valence-corrected chi connectivity index (χ0v) is 11.8. The molecule has 0 atom stereocenters. The van der Waals surface area contributed by atoms with E-state index in [9.17, 15) is 10.0 Å². The maximum absolute atomic E-state index is 9.49. The van der Waals surface area contributed by atoms with Crippen molar-refractivity contribution in [3.8, 4) is 5.75 Å². The molecule has 2 heterocycles. The number of ether oxygens (including phenoxy) is 1. The number of nitrogens with zero attached hydrogens (tertiary/aromatic N) is 4. The third-order valence-corrected chi connectivity index (χ3v) is 3.74. The number of fused-ring (bicyclic) bond motifs is 1. The van der Waals surface area contributed by atoms with E-state index in [-0.39, 0.29) is 0 Å². The van der Waals surface area contributed by atoms with Crippen LogP contribution in [0.15, 0.2) is 24.5 Å². The van der Waals surface area contributed by atoms with Crippen LogP contribution in [0.25, 0.3) is 0 Å². The van der Waals surface area contributed by atoms with Crippen molar-refractivity contribution in [1.82, 2.24) is 19.7 Å². The lowest BCUT2D eigenvalue weighted by atomic mass is 9.77. The largest absolute Gasteiger partial charge is 0.497 e. The Hall–Kier alpha value is -1.90. The molecule has 8 heteroatoms. The molecule has 0 saturated carbocycles. The van der Waals surface area contributed by atoms with Crippen LogP contribution in [-0.2, 0) is 19.6 Å². The molecular formula is C13H17BN4O3. The third-order valence-electron chi connectivity index (χ3n) is 3.74. The first-order valence-corrected chi connectivity index (χ1v) is 6.79. The Morgan fingerprint density at radius 2 is 2.19 bits per heavy atom. The Morgan fingerprint density at radius 3 is 2.95 bits per heavy atom. The molecule has 21 heavy (non-hydrogen) atoms. The van der Waals surface area contributed by atoms with Crippen LogP contribution < -0.4 is 10.2 Å². The van der Waals surface area contributed by atoms with Crippen LogP contribution >= 0.6 is 0 Å². The quantitative estimate of drug-likeness (QED) is 0.701. The molecule has 1 aromatic carbocycles. The smallest absolute Gasteiger partial charge is 0.488 e. The molecule has 2 N–H and O–H groups in total. The van der Waals surface area contributed by atoms with Gasteiger partial charge in [0.2, 0.25) is 0 Å². The molecule has 0 unspecified atom stereocenters. The Morgan fingerprint density at radius 1 is 1.33 bits per heavy atom. The monoisotopic (exact) mass is 288 g/mol. The third kappa shape index (κ3) is 2.92. The van der Waals surface area contributed by atoms with Gasteiger partial charge in [-0.1, -0.05) is 6.07 Å². The number of aromatic nitrogens is 3. The lowest BCUT2D eigenvalue weighted by Crippen LogP contribution is -2.38. The maximum Gasteiger partial charge on any atom is 0.488 e. The first kappa shape index (κ1) is 14.1. The van der Waals surface area contributed by atoms with Crippen molar-refractivity contribution < 1.29 is 14.8 Å². The summed E-state index contributed by atoms with van der Waals surface area (Å²) in [6.07, 6.45) is 1.74. The number of rotatable bonds is 4. The Kier molecular flexibility index (Phi) is 3.91. The second-order valence-corrected chi connectivity index (χ2v) is 5.09. The highest BCUT2D eigenvalue weighted by molar-refractivity contribution is 6.59. The first-order valence-electron chi connectivity index (χ1n) is 6.79. The Labute approximate surface area is 122 Å². The molecule has 1 aliphatic rings. The number of methoxy groups -OCH3 is 1. The number of hydrogen-bond acceptors (Lipinski definition) is 6. The van der Waals surface area contributed by atoms with Crippen LogP contribution in [0.2, 0.25) is 0 Å². The van der Waals surface area contributed by atoms with Crippen molar-refractivity contribution in [2.24, 2.45) is 0 Å². The Bertz CT molecular complexity index is 632. The average Bonchev–Trinajstić information content (AvgIpc) is 2.94. The second-order valence-electron chi connectivity index (χ2n) is 5.09. The predicted octanol–water partition coefficient (Wildman–Crippen LogP) is -1.02. The fourth-order valence-electron chi connectivity index (χ4n) is 2.59. The average molecular weight is 288 g/mol. The highest BCUT2D eigenvalue weighted by Crippen LogP contribution is 2.16. The van der Waals surface area contributed by atoms with Crippen LogP contribution in [0, 0.1) is 0 Å². The van der Waals surface area contributed by atoms with Crippen LogP contribution in [-0.4, -0.2) is 50.5 Å². The van der Waals surface area contributed by atoms with Gasteiger partial charge in [0.25, 0.3) is 0 Å². The summed E-state index contributed by atoms with van der Waals surface area (Å²) in [6.45, 7) is 3.00. The van der Waals surface area contributed by atoms with E-state index in [1.807, 2.05) is 10.6 Å². The number of hydrogen-bond donors (Lipinski definition) is 2. The normalized spacial score (nSPS) is 14.8. The molecule has 0 amide bonds. The molecule has 0 fully saturated rings. The zero-order valence-electron chi connectivity index (χ0n) is 11.8. The van der Waals surface area contributed by atoms with E-state index < -0.39 is 7.12 Å². The van der Waals surface area contributed by atoms with E-state index in [1.54, 1.807) is 25.6 Å². The molecule has 7 nitrogen and oxygen atoms in total. The summed E-state index contributed by atoms with van der Waals surface area (Å²) in [5.74, 6) is 1.63. The van der Waals surface area contributed by atoms with Crippen molar-refractivity contribution in [3.05, 3.63) is 35.9 Å². The summed E-state index contributed by atoms with van der Waals surface area (Å²) in [7, 11) is 0.108. The van der Waals surface area contributed by atoms with Crippen LogP contribution in [0.5, 0.6) is 5.75 Å². The number of benzene rings is 1. The topological polar surface area (TPSA) is 83.6 Å². The van der Waals surface area contributed by atoms with Gasteiger partial charge >= 0.3 is 7.12 Å². The highest BCUT2D eigenvalue weighted by Gasteiger charge is 2.22. The molecule has 0 bridgehead atoms. The van der Waals surface area contributed by atoms with Crippen molar-refractivity contribution in [1.29, 1.82) is 0 Å². The van der Waals surface area contributed by atoms with E-state index in [1.165, 1.54) is 0 Å². The molecule has 0 radical (unpaired) electrons. The molecule has 0 spiro atoms. The van der Waals surface area contributed by atoms with Gasteiger partial charge < -0.3 is 19.4 Å². The first-order chi connectivity index (χ1) is 10.2. The summed E-state index contributed by atoms with van der Waals surface area (Å²) < 4.78 is 7.25. The summed E-state index contributed by atoms with van der Waals surface area (Å²) in [6, 6.07) is 5.25. The molecule has 3 rings (SSSR count). The van der Waals surface area contributed by atoms with Crippen molar-refractivity contribution >= 4 is 12.6 Å². The standard InChI is InChI=1S/C13H17BN4O3/c1-21-11-2-3-12(14(19)20)10(6-11)7-17-4-5-18-9-15-16-13(18)8-17/h2-3,6,9,19-20H,4-5,7-8H2,1H3. The minimum atomic E-state index is -1.49. The lowest BCUT2D eigenvalue weighted by Gasteiger charge is -2.27. The molecule has 0 aliphatic carbocycles. The van der Waals surface area contributed by atoms with Gasteiger partial charge in [0.05, 0.1) is 13.7 Å². The van der Waals surface area contributed by atoms with Crippen LogP contribution in [0.4, 0.5) is 0 Å². The Balaban J connectivity index is 1.81. The molecule has 1 aromatic heterocycles. The maximum atomic E-state index is 9.49. The van der Waals surface area contributed by atoms with Crippen molar-refractivity contribution in [2.45, 2.75) is 19.6 Å². The minimum absolute atomic E-state index is 0.503. The fourth-order valence-corrected chi connectivity index (χ4v) is 2.59. The minimum Gasteiger partial charge on any atom is -0.497 e. The summed E-state index contributed by atoms with van der Waals surface area (Å²) in [5, 5.41) is 27.0. The van der Waals surface area contributed by atoms with Crippen molar-refractivity contribution in [3.63, 3.8) is 0 Å². The molecule has 0 saturated heterocycles. The highest BCUT2D eigenvalue weighted by atomic mass is 16.5. The van der Waals surface area contributed by atoms with Gasteiger partial charge in [0, 0.05) is 19.6 Å². The molecule has 1 aliphatic heterocycles. The van der Waals surface area contributed by atoms with E-state index in [0.717, 1.165) is 24.5 Å². The fraction of sp³-hybridized carbons (Fsp3) is 0.385. The van der Waals surface area contributed by atoms with Crippen LogP contribution in [0.1, 0.15) is 11.4 Å². The molecule has 110 valence electrons. The SMILES string of the molecule is COc1ccc(B(O)O)c(CN2CCn3cnnc3C2)c1. The zero-order chi connectivity index (χ0) is 14.8.